The molecular weight excluding hydrogens is 363 g/mol. The monoisotopic (exact) mass is 384 g/mol. The molecule has 1 saturated carbocycles. The summed E-state index contributed by atoms with van der Waals surface area (Å²) in [6.45, 7) is 1.59. The molecule has 6 heteroatoms. The molecule has 1 aromatic rings. The van der Waals surface area contributed by atoms with Crippen LogP contribution >= 0.6 is 15.9 Å². The Labute approximate surface area is 144 Å². The highest BCUT2D eigenvalue weighted by Gasteiger charge is 2.33. The molecular formula is C17H22BrFN2O2. The van der Waals surface area contributed by atoms with Crippen molar-refractivity contribution < 1.29 is 14.0 Å². The molecule has 1 fully saturated rings. The molecule has 126 valence electrons. The van der Waals surface area contributed by atoms with Crippen LogP contribution in [0.2, 0.25) is 0 Å². The predicted molar refractivity (Wildman–Crippen MR) is 90.1 cm³/mol. The molecule has 1 aromatic carbocycles. The van der Waals surface area contributed by atoms with Crippen LogP contribution < -0.4 is 5.32 Å². The fourth-order valence-corrected chi connectivity index (χ4v) is 3.53. The predicted octanol–water partition coefficient (Wildman–Crippen LogP) is 3.24. The van der Waals surface area contributed by atoms with Gasteiger partial charge in [-0.05, 0) is 37.0 Å². The molecule has 23 heavy (non-hydrogen) atoms. The van der Waals surface area contributed by atoms with Gasteiger partial charge in [0.05, 0.1) is 0 Å². The number of nitrogens with one attached hydrogen (secondary N) is 1. The van der Waals surface area contributed by atoms with Crippen molar-refractivity contribution >= 4 is 27.7 Å². The number of amides is 2. The van der Waals surface area contributed by atoms with E-state index in [0.717, 1.165) is 30.2 Å². The molecule has 2 amide bonds. The van der Waals surface area contributed by atoms with Gasteiger partial charge in [0, 0.05) is 30.6 Å². The number of carbonyl (C=O) groups is 2. The van der Waals surface area contributed by atoms with E-state index < -0.39 is 6.04 Å². The standard InChI is InChI=1S/C17H22BrFN2O2/c1-11(22)20-16(12-5-3-4-6-12)17(23)21(2)10-13-9-14(18)7-8-15(13)19/h7-9,12,16H,3-6,10H2,1-2H3,(H,20,22). The van der Waals surface area contributed by atoms with E-state index in [2.05, 4.69) is 21.2 Å². The van der Waals surface area contributed by atoms with Crippen molar-refractivity contribution in [3.8, 4) is 0 Å². The number of likely N-dealkylation sites (N-methyl/N-ethyl adjacent to an activating group) is 1. The van der Waals surface area contributed by atoms with Gasteiger partial charge in [-0.25, -0.2) is 4.39 Å². The lowest BCUT2D eigenvalue weighted by Crippen LogP contribution is -2.50. The first-order chi connectivity index (χ1) is 10.9. The van der Waals surface area contributed by atoms with E-state index in [1.165, 1.54) is 17.9 Å². The quantitative estimate of drug-likeness (QED) is 0.846. The van der Waals surface area contributed by atoms with Crippen molar-refractivity contribution in [2.75, 3.05) is 7.05 Å². The van der Waals surface area contributed by atoms with E-state index in [4.69, 9.17) is 0 Å². The summed E-state index contributed by atoms with van der Waals surface area (Å²) in [5, 5.41) is 2.78. The van der Waals surface area contributed by atoms with E-state index in [-0.39, 0.29) is 30.1 Å². The number of nitrogens with zero attached hydrogens (tertiary/aromatic N) is 1. The average molecular weight is 385 g/mol. The summed E-state index contributed by atoms with van der Waals surface area (Å²) in [6, 6.07) is 4.15. The van der Waals surface area contributed by atoms with Gasteiger partial charge < -0.3 is 10.2 Å². The highest BCUT2D eigenvalue weighted by Crippen LogP contribution is 2.29. The lowest BCUT2D eigenvalue weighted by atomic mass is 9.96. The Kier molecular flexibility index (Phi) is 6.16. The van der Waals surface area contributed by atoms with Crippen LogP contribution in [0.5, 0.6) is 0 Å². The zero-order valence-electron chi connectivity index (χ0n) is 13.4. The number of hydrogen-bond acceptors (Lipinski definition) is 2. The summed E-state index contributed by atoms with van der Waals surface area (Å²) >= 11 is 3.31. The molecule has 0 aromatic heterocycles. The van der Waals surface area contributed by atoms with Crippen LogP contribution in [0.15, 0.2) is 22.7 Å². The lowest BCUT2D eigenvalue weighted by molar-refractivity contribution is -0.137. The Morgan fingerprint density at radius 1 is 1.39 bits per heavy atom. The van der Waals surface area contributed by atoms with Crippen LogP contribution in [-0.4, -0.2) is 29.8 Å². The second kappa shape index (κ2) is 7.90. The van der Waals surface area contributed by atoms with Gasteiger partial charge in [0.15, 0.2) is 0 Å². The highest BCUT2D eigenvalue weighted by molar-refractivity contribution is 9.10. The van der Waals surface area contributed by atoms with E-state index in [9.17, 15) is 14.0 Å². The van der Waals surface area contributed by atoms with E-state index in [1.54, 1.807) is 19.2 Å². The Hall–Kier alpha value is -1.43. The molecule has 1 aliphatic rings. The summed E-state index contributed by atoms with van der Waals surface area (Å²) in [5.74, 6) is -0.547. The van der Waals surface area contributed by atoms with Gasteiger partial charge in [0.1, 0.15) is 11.9 Å². The summed E-state index contributed by atoms with van der Waals surface area (Å²) in [6.07, 6.45) is 4.04. The molecule has 0 radical (unpaired) electrons. The molecule has 4 nitrogen and oxygen atoms in total. The van der Waals surface area contributed by atoms with Crippen molar-refractivity contribution in [3.05, 3.63) is 34.1 Å². The number of benzene rings is 1. The maximum atomic E-state index is 13.9. The Morgan fingerprint density at radius 3 is 2.65 bits per heavy atom. The first kappa shape index (κ1) is 17.9. The maximum Gasteiger partial charge on any atom is 0.245 e. The van der Waals surface area contributed by atoms with Gasteiger partial charge in [-0.3, -0.25) is 9.59 Å². The Balaban J connectivity index is 2.11. The third kappa shape index (κ3) is 4.77. The summed E-state index contributed by atoms with van der Waals surface area (Å²) in [4.78, 5) is 25.7. The molecule has 1 atom stereocenters. The number of rotatable bonds is 5. The summed E-state index contributed by atoms with van der Waals surface area (Å²) in [7, 11) is 1.65. The van der Waals surface area contributed by atoms with Crippen LogP contribution in [-0.2, 0) is 16.1 Å². The van der Waals surface area contributed by atoms with Crippen molar-refractivity contribution in [1.29, 1.82) is 0 Å². The van der Waals surface area contributed by atoms with Crippen molar-refractivity contribution in [1.82, 2.24) is 10.2 Å². The second-order valence-corrected chi connectivity index (χ2v) is 7.07. The SMILES string of the molecule is CC(=O)NC(C(=O)N(C)Cc1cc(Br)ccc1F)C1CCCC1. The fourth-order valence-electron chi connectivity index (χ4n) is 3.13. The molecule has 0 spiro atoms. The molecule has 0 bridgehead atoms. The van der Waals surface area contributed by atoms with Gasteiger partial charge in [-0.1, -0.05) is 28.8 Å². The number of carbonyl (C=O) groups excluding carboxylic acids is 2. The fraction of sp³-hybridized carbons (Fsp3) is 0.529. The molecule has 1 N–H and O–H groups in total. The molecule has 0 saturated heterocycles. The topological polar surface area (TPSA) is 49.4 Å². The van der Waals surface area contributed by atoms with Gasteiger partial charge in [-0.15, -0.1) is 0 Å². The Bertz CT molecular complexity index is 588. The smallest absolute Gasteiger partial charge is 0.245 e. The lowest BCUT2D eigenvalue weighted by Gasteiger charge is -2.28. The highest BCUT2D eigenvalue weighted by atomic mass is 79.9. The van der Waals surface area contributed by atoms with Crippen LogP contribution in [0.25, 0.3) is 0 Å². The van der Waals surface area contributed by atoms with Crippen molar-refractivity contribution in [2.45, 2.75) is 45.2 Å². The third-order valence-electron chi connectivity index (χ3n) is 4.29. The molecule has 1 aliphatic carbocycles. The Morgan fingerprint density at radius 2 is 2.04 bits per heavy atom. The van der Waals surface area contributed by atoms with Crippen LogP contribution in [0.3, 0.4) is 0 Å². The number of halogens is 2. The van der Waals surface area contributed by atoms with Gasteiger partial charge in [0.2, 0.25) is 11.8 Å². The molecule has 1 unspecified atom stereocenters. The largest absolute Gasteiger partial charge is 0.344 e. The zero-order valence-corrected chi connectivity index (χ0v) is 15.0. The summed E-state index contributed by atoms with van der Waals surface area (Å²) < 4.78 is 14.6. The van der Waals surface area contributed by atoms with Crippen LogP contribution in [0.1, 0.15) is 38.2 Å². The van der Waals surface area contributed by atoms with Crippen molar-refractivity contribution in [2.24, 2.45) is 5.92 Å². The van der Waals surface area contributed by atoms with Crippen LogP contribution in [0.4, 0.5) is 4.39 Å². The van der Waals surface area contributed by atoms with E-state index in [1.807, 2.05) is 0 Å². The van der Waals surface area contributed by atoms with E-state index >= 15 is 0 Å². The van der Waals surface area contributed by atoms with Crippen LogP contribution in [0, 0.1) is 11.7 Å². The maximum absolute atomic E-state index is 13.9. The minimum atomic E-state index is -0.518. The first-order valence-corrected chi connectivity index (χ1v) is 8.64. The minimum absolute atomic E-state index is 0.161. The minimum Gasteiger partial charge on any atom is -0.344 e. The van der Waals surface area contributed by atoms with Crippen molar-refractivity contribution in [3.63, 3.8) is 0 Å². The normalized spacial score (nSPS) is 16.2. The summed E-state index contributed by atoms with van der Waals surface area (Å²) in [5.41, 5.74) is 0.447. The average Bonchev–Trinajstić information content (AvgIpc) is 3.01. The van der Waals surface area contributed by atoms with Gasteiger partial charge >= 0.3 is 0 Å². The first-order valence-electron chi connectivity index (χ1n) is 7.84. The van der Waals surface area contributed by atoms with E-state index in [0.29, 0.717) is 5.56 Å². The van der Waals surface area contributed by atoms with Gasteiger partial charge in [-0.2, -0.15) is 0 Å². The van der Waals surface area contributed by atoms with Gasteiger partial charge in [0.25, 0.3) is 0 Å². The number of hydrogen-bond donors (Lipinski definition) is 1. The molecule has 2 rings (SSSR count). The zero-order chi connectivity index (χ0) is 17.0. The third-order valence-corrected chi connectivity index (χ3v) is 4.78. The molecule has 0 heterocycles. The molecule has 0 aliphatic heterocycles. The second-order valence-electron chi connectivity index (χ2n) is 6.15.